The van der Waals surface area contributed by atoms with Crippen LogP contribution in [0, 0.1) is 17.7 Å². The van der Waals surface area contributed by atoms with Gasteiger partial charge in [0.05, 0.1) is 24.6 Å². The molecule has 32 heavy (non-hydrogen) atoms. The standard InChI is InChI=1S/C25H28FN5O/c26-18-4-5-19-15(7-18)3-6-22(31-9-16-11-32-12-17(16)10-31)23(19)30-25-20-8-21(14-1-2-14)29-24(20)27-13-28-25/h4-5,7-8,13-14,16-17,22-23H,1-3,6,9-12H2,(H2,27,28,29,30)/t16-,17+,22-,23-/m1/s1. The summed E-state index contributed by atoms with van der Waals surface area (Å²) in [6, 6.07) is 7.92. The van der Waals surface area contributed by atoms with Crippen LogP contribution in [0.15, 0.2) is 30.6 Å². The van der Waals surface area contributed by atoms with E-state index in [1.54, 1.807) is 18.5 Å². The number of fused-ring (bicyclic) bond motifs is 3. The van der Waals surface area contributed by atoms with Crippen LogP contribution in [-0.2, 0) is 11.2 Å². The number of aromatic nitrogens is 3. The van der Waals surface area contributed by atoms with Gasteiger partial charge in [-0.3, -0.25) is 4.90 Å². The second-order valence-electron chi connectivity index (χ2n) is 10.1. The molecule has 2 N–H and O–H groups in total. The van der Waals surface area contributed by atoms with E-state index in [1.807, 2.05) is 6.07 Å². The smallest absolute Gasteiger partial charge is 0.143 e. The van der Waals surface area contributed by atoms with Gasteiger partial charge in [0.1, 0.15) is 23.6 Å². The molecule has 0 amide bonds. The van der Waals surface area contributed by atoms with Crippen molar-refractivity contribution in [1.82, 2.24) is 19.9 Å². The molecule has 1 saturated carbocycles. The highest BCUT2D eigenvalue weighted by Gasteiger charge is 2.43. The summed E-state index contributed by atoms with van der Waals surface area (Å²) >= 11 is 0. The van der Waals surface area contributed by atoms with Gasteiger partial charge >= 0.3 is 0 Å². The number of aryl methyl sites for hydroxylation is 1. The molecule has 166 valence electrons. The van der Waals surface area contributed by atoms with Crippen molar-refractivity contribution in [3.05, 3.63) is 53.2 Å². The summed E-state index contributed by atoms with van der Waals surface area (Å²) in [6.07, 6.45) is 6.05. The molecule has 4 atom stereocenters. The van der Waals surface area contributed by atoms with Crippen LogP contribution < -0.4 is 5.32 Å². The fourth-order valence-electron chi connectivity index (χ4n) is 6.17. The van der Waals surface area contributed by atoms with Crippen LogP contribution in [0.2, 0.25) is 0 Å². The molecule has 0 radical (unpaired) electrons. The van der Waals surface area contributed by atoms with E-state index in [9.17, 15) is 4.39 Å². The van der Waals surface area contributed by atoms with Crippen LogP contribution in [0.1, 0.15) is 48.0 Å². The monoisotopic (exact) mass is 433 g/mol. The Hall–Kier alpha value is -2.51. The third-order valence-electron chi connectivity index (χ3n) is 8.03. The second-order valence-corrected chi connectivity index (χ2v) is 10.1. The van der Waals surface area contributed by atoms with E-state index in [4.69, 9.17) is 4.74 Å². The first-order valence-corrected chi connectivity index (χ1v) is 11.9. The average Bonchev–Trinajstić information content (AvgIpc) is 3.20. The van der Waals surface area contributed by atoms with Crippen molar-refractivity contribution < 1.29 is 9.13 Å². The van der Waals surface area contributed by atoms with Gasteiger partial charge in [0.2, 0.25) is 0 Å². The number of ether oxygens (including phenoxy) is 1. The van der Waals surface area contributed by atoms with Gasteiger partial charge in [-0.05, 0) is 60.9 Å². The van der Waals surface area contributed by atoms with Gasteiger partial charge in [0, 0.05) is 36.7 Å². The number of hydrogen-bond acceptors (Lipinski definition) is 5. The van der Waals surface area contributed by atoms with E-state index >= 15 is 0 Å². The van der Waals surface area contributed by atoms with Gasteiger partial charge in [-0.15, -0.1) is 0 Å². The number of rotatable bonds is 4. The fourth-order valence-corrected chi connectivity index (χ4v) is 6.17. The SMILES string of the molecule is Fc1ccc2c(c1)CC[C@@H](N1C[C@H]3COC[C@H]3C1)[C@@H]2Nc1ncnc2[nH]c(C3CC3)cc12. The summed E-state index contributed by atoms with van der Waals surface area (Å²) in [7, 11) is 0. The Bertz CT molecular complexity index is 1160. The maximum atomic E-state index is 14.0. The van der Waals surface area contributed by atoms with Crippen LogP contribution in [0.5, 0.6) is 0 Å². The summed E-state index contributed by atoms with van der Waals surface area (Å²) in [6.45, 7) is 3.93. The number of nitrogens with one attached hydrogen (secondary N) is 2. The van der Waals surface area contributed by atoms with E-state index < -0.39 is 0 Å². The summed E-state index contributed by atoms with van der Waals surface area (Å²) < 4.78 is 19.7. The minimum atomic E-state index is -0.155. The van der Waals surface area contributed by atoms with Crippen molar-refractivity contribution in [3.8, 4) is 0 Å². The molecule has 4 heterocycles. The number of nitrogens with zero attached hydrogens (tertiary/aromatic N) is 3. The molecule has 2 aliphatic carbocycles. The summed E-state index contributed by atoms with van der Waals surface area (Å²) in [5.74, 6) is 2.63. The Morgan fingerprint density at radius 3 is 2.72 bits per heavy atom. The van der Waals surface area contributed by atoms with Gasteiger partial charge in [-0.2, -0.15) is 0 Å². The molecule has 2 aromatic heterocycles. The predicted molar refractivity (Wildman–Crippen MR) is 120 cm³/mol. The Balaban J connectivity index is 1.26. The normalized spacial score (nSPS) is 29.9. The lowest BCUT2D eigenvalue weighted by Gasteiger charge is -2.40. The minimum Gasteiger partial charge on any atom is -0.381 e. The highest BCUT2D eigenvalue weighted by atomic mass is 19.1. The van der Waals surface area contributed by atoms with Gasteiger partial charge in [0.25, 0.3) is 0 Å². The highest BCUT2D eigenvalue weighted by Crippen LogP contribution is 2.43. The van der Waals surface area contributed by atoms with Gasteiger partial charge < -0.3 is 15.0 Å². The van der Waals surface area contributed by atoms with Crippen LogP contribution in [0.3, 0.4) is 0 Å². The Kier molecular flexibility index (Phi) is 4.31. The maximum Gasteiger partial charge on any atom is 0.143 e. The largest absolute Gasteiger partial charge is 0.381 e. The quantitative estimate of drug-likeness (QED) is 0.651. The molecule has 3 fully saturated rings. The number of halogens is 1. The molecule has 7 heteroatoms. The predicted octanol–water partition coefficient (Wildman–Crippen LogP) is 4.02. The maximum absolute atomic E-state index is 14.0. The number of likely N-dealkylation sites (tertiary alicyclic amines) is 1. The van der Waals surface area contributed by atoms with Crippen molar-refractivity contribution in [1.29, 1.82) is 0 Å². The van der Waals surface area contributed by atoms with Gasteiger partial charge in [-0.1, -0.05) is 6.07 Å². The molecular formula is C25H28FN5O. The number of hydrogen-bond donors (Lipinski definition) is 2. The molecule has 6 nitrogen and oxygen atoms in total. The van der Waals surface area contributed by atoms with E-state index in [0.29, 0.717) is 23.8 Å². The van der Waals surface area contributed by atoms with Crippen molar-refractivity contribution in [2.45, 2.75) is 43.7 Å². The molecule has 4 aliphatic rings. The molecule has 1 aromatic carbocycles. The molecule has 2 saturated heterocycles. The molecule has 7 rings (SSSR count). The number of H-pyrrole nitrogens is 1. The summed E-state index contributed by atoms with van der Waals surface area (Å²) in [5.41, 5.74) is 4.46. The molecule has 0 spiro atoms. The van der Waals surface area contributed by atoms with Gasteiger partial charge in [-0.25, -0.2) is 14.4 Å². The van der Waals surface area contributed by atoms with Crippen LogP contribution in [0.25, 0.3) is 11.0 Å². The number of anilines is 1. The van der Waals surface area contributed by atoms with Crippen molar-refractivity contribution in [2.75, 3.05) is 31.6 Å². The second kappa shape index (κ2) is 7.25. The molecule has 0 unspecified atom stereocenters. The first-order valence-electron chi connectivity index (χ1n) is 11.9. The van der Waals surface area contributed by atoms with Gasteiger partial charge in [0.15, 0.2) is 0 Å². The van der Waals surface area contributed by atoms with Crippen molar-refractivity contribution >= 4 is 16.9 Å². The number of benzene rings is 1. The highest BCUT2D eigenvalue weighted by molar-refractivity contribution is 5.88. The Morgan fingerprint density at radius 1 is 1.06 bits per heavy atom. The Morgan fingerprint density at radius 2 is 1.91 bits per heavy atom. The lowest BCUT2D eigenvalue weighted by atomic mass is 9.83. The third kappa shape index (κ3) is 3.13. The molecule has 0 bridgehead atoms. The summed E-state index contributed by atoms with van der Waals surface area (Å²) in [5, 5.41) is 4.85. The van der Waals surface area contributed by atoms with E-state index in [0.717, 1.165) is 61.6 Å². The zero-order valence-corrected chi connectivity index (χ0v) is 18.1. The first-order chi connectivity index (χ1) is 15.7. The number of aromatic amines is 1. The molecular weight excluding hydrogens is 405 g/mol. The van der Waals surface area contributed by atoms with Crippen molar-refractivity contribution in [3.63, 3.8) is 0 Å². The molecule has 3 aromatic rings. The van der Waals surface area contributed by atoms with E-state index in [2.05, 4.69) is 31.2 Å². The lowest BCUT2D eigenvalue weighted by Crippen LogP contribution is -2.44. The van der Waals surface area contributed by atoms with E-state index in [1.165, 1.54) is 24.1 Å². The van der Waals surface area contributed by atoms with Crippen LogP contribution in [-0.4, -0.2) is 52.2 Å². The first kappa shape index (κ1) is 19.0. The van der Waals surface area contributed by atoms with Crippen molar-refractivity contribution in [2.24, 2.45) is 11.8 Å². The zero-order valence-electron chi connectivity index (χ0n) is 18.1. The summed E-state index contributed by atoms with van der Waals surface area (Å²) in [4.78, 5) is 15.3. The van der Waals surface area contributed by atoms with E-state index in [-0.39, 0.29) is 11.9 Å². The minimum absolute atomic E-state index is 0.0662. The molecule has 2 aliphatic heterocycles. The average molecular weight is 434 g/mol. The zero-order chi connectivity index (χ0) is 21.2. The van der Waals surface area contributed by atoms with Crippen LogP contribution >= 0.6 is 0 Å². The third-order valence-corrected chi connectivity index (χ3v) is 8.03. The topological polar surface area (TPSA) is 66.1 Å². The lowest BCUT2D eigenvalue weighted by molar-refractivity contribution is 0.127. The van der Waals surface area contributed by atoms with Crippen LogP contribution in [0.4, 0.5) is 10.2 Å². The Labute approximate surface area is 186 Å². The fraction of sp³-hybridized carbons (Fsp3) is 0.520.